The van der Waals surface area contributed by atoms with E-state index in [1.165, 1.54) is 7.11 Å². The van der Waals surface area contributed by atoms with Gasteiger partial charge in [0.15, 0.2) is 0 Å². The summed E-state index contributed by atoms with van der Waals surface area (Å²) in [6.07, 6.45) is 0. The van der Waals surface area contributed by atoms with E-state index < -0.39 is 6.04 Å². The summed E-state index contributed by atoms with van der Waals surface area (Å²) in [5, 5.41) is 3.20. The van der Waals surface area contributed by atoms with Gasteiger partial charge >= 0.3 is 0 Å². The van der Waals surface area contributed by atoms with Gasteiger partial charge in [-0.2, -0.15) is 0 Å². The Morgan fingerprint density at radius 2 is 2.40 bits per heavy atom. The first-order valence-electron chi connectivity index (χ1n) is 4.44. The van der Waals surface area contributed by atoms with Gasteiger partial charge < -0.3 is 15.8 Å². The summed E-state index contributed by atoms with van der Waals surface area (Å²) in [5.41, 5.74) is 6.17. The normalized spacial score (nSPS) is 12.2. The average Bonchev–Trinajstić information content (AvgIpc) is 2.18. The molecule has 0 aromatic heterocycles. The zero-order valence-electron chi connectivity index (χ0n) is 8.37. The van der Waals surface area contributed by atoms with Gasteiger partial charge in [0, 0.05) is 17.8 Å². The molecule has 5 heteroatoms. The Kier molecular flexibility index (Phi) is 4.55. The van der Waals surface area contributed by atoms with E-state index in [9.17, 15) is 4.79 Å². The second-order valence-corrected chi connectivity index (χ2v) is 3.50. The molecular weight excluding hydrogens is 216 g/mol. The first kappa shape index (κ1) is 12.0. The van der Waals surface area contributed by atoms with Crippen molar-refractivity contribution in [1.29, 1.82) is 0 Å². The maximum atomic E-state index is 11.5. The molecule has 1 amide bonds. The third-order valence-corrected chi connectivity index (χ3v) is 2.01. The second kappa shape index (κ2) is 5.70. The van der Waals surface area contributed by atoms with E-state index in [0.29, 0.717) is 10.7 Å². The highest BCUT2D eigenvalue weighted by Gasteiger charge is 2.12. The molecule has 0 radical (unpaired) electrons. The van der Waals surface area contributed by atoms with Gasteiger partial charge in [-0.05, 0) is 18.2 Å². The fraction of sp³-hybridized carbons (Fsp3) is 0.300. The standard InChI is InChI=1S/C10H13ClN2O2/c1-15-6-9(12)10(14)13-8-4-2-3-7(11)5-8/h2-5,9H,6,12H2,1H3,(H,13,14). The van der Waals surface area contributed by atoms with E-state index in [1.54, 1.807) is 24.3 Å². The third kappa shape index (κ3) is 3.87. The number of carbonyl (C=O) groups excluding carboxylic acids is 1. The summed E-state index contributed by atoms with van der Waals surface area (Å²) >= 11 is 5.76. The molecule has 0 heterocycles. The number of hydrogen-bond donors (Lipinski definition) is 2. The minimum Gasteiger partial charge on any atom is -0.383 e. The Labute approximate surface area is 93.4 Å². The van der Waals surface area contributed by atoms with Crippen LogP contribution in [0.1, 0.15) is 0 Å². The quantitative estimate of drug-likeness (QED) is 0.815. The van der Waals surface area contributed by atoms with Crippen LogP contribution in [0.5, 0.6) is 0 Å². The number of benzene rings is 1. The van der Waals surface area contributed by atoms with Crippen molar-refractivity contribution in [1.82, 2.24) is 0 Å². The molecule has 0 saturated heterocycles. The molecule has 1 aromatic carbocycles. The highest BCUT2D eigenvalue weighted by Crippen LogP contribution is 2.14. The van der Waals surface area contributed by atoms with Crippen molar-refractivity contribution in [3.8, 4) is 0 Å². The maximum Gasteiger partial charge on any atom is 0.243 e. The number of rotatable bonds is 4. The van der Waals surface area contributed by atoms with Crippen LogP contribution in [0, 0.1) is 0 Å². The highest BCUT2D eigenvalue weighted by atomic mass is 35.5. The van der Waals surface area contributed by atoms with Crippen LogP contribution in [0.4, 0.5) is 5.69 Å². The minimum atomic E-state index is -0.672. The lowest BCUT2D eigenvalue weighted by molar-refractivity contribution is -0.118. The van der Waals surface area contributed by atoms with Crippen molar-refractivity contribution in [3.63, 3.8) is 0 Å². The summed E-state index contributed by atoms with van der Waals surface area (Å²) in [6.45, 7) is 0.187. The molecule has 0 spiro atoms. The van der Waals surface area contributed by atoms with E-state index in [1.807, 2.05) is 0 Å². The number of amides is 1. The SMILES string of the molecule is COCC(N)C(=O)Nc1cccc(Cl)c1. The highest BCUT2D eigenvalue weighted by molar-refractivity contribution is 6.30. The van der Waals surface area contributed by atoms with Crippen LogP contribution < -0.4 is 11.1 Å². The van der Waals surface area contributed by atoms with Crippen LogP contribution >= 0.6 is 11.6 Å². The molecular formula is C10H13ClN2O2. The zero-order chi connectivity index (χ0) is 11.3. The van der Waals surface area contributed by atoms with E-state index >= 15 is 0 Å². The first-order chi connectivity index (χ1) is 7.13. The van der Waals surface area contributed by atoms with Crippen molar-refractivity contribution in [2.45, 2.75) is 6.04 Å². The molecule has 3 N–H and O–H groups in total. The van der Waals surface area contributed by atoms with Crippen LogP contribution in [0.2, 0.25) is 5.02 Å². The van der Waals surface area contributed by atoms with Crippen molar-refractivity contribution in [3.05, 3.63) is 29.3 Å². The van der Waals surface area contributed by atoms with E-state index in [0.717, 1.165) is 0 Å². The molecule has 0 bridgehead atoms. The Morgan fingerprint density at radius 3 is 3.00 bits per heavy atom. The number of halogens is 1. The predicted molar refractivity (Wildman–Crippen MR) is 59.9 cm³/mol. The molecule has 0 aliphatic carbocycles. The van der Waals surface area contributed by atoms with Crippen molar-refractivity contribution >= 4 is 23.2 Å². The smallest absolute Gasteiger partial charge is 0.243 e. The van der Waals surface area contributed by atoms with E-state index in [4.69, 9.17) is 22.1 Å². The molecule has 82 valence electrons. The van der Waals surface area contributed by atoms with Crippen LogP contribution in [0.25, 0.3) is 0 Å². The fourth-order valence-corrected chi connectivity index (χ4v) is 1.25. The number of carbonyl (C=O) groups is 1. The van der Waals surface area contributed by atoms with Gasteiger partial charge in [0.05, 0.1) is 6.61 Å². The Hall–Kier alpha value is -1.10. The van der Waals surface area contributed by atoms with E-state index in [2.05, 4.69) is 5.32 Å². The molecule has 0 saturated carbocycles. The Bertz CT molecular complexity index is 344. The maximum absolute atomic E-state index is 11.5. The number of ether oxygens (including phenoxy) is 1. The third-order valence-electron chi connectivity index (χ3n) is 1.78. The van der Waals surface area contributed by atoms with Crippen molar-refractivity contribution < 1.29 is 9.53 Å². The summed E-state index contributed by atoms with van der Waals surface area (Å²) in [5.74, 6) is -0.292. The molecule has 1 aromatic rings. The molecule has 1 atom stereocenters. The lowest BCUT2D eigenvalue weighted by Gasteiger charge is -2.11. The van der Waals surface area contributed by atoms with Gasteiger partial charge in [-0.1, -0.05) is 17.7 Å². The Balaban J connectivity index is 2.58. The van der Waals surface area contributed by atoms with Crippen LogP contribution in [-0.2, 0) is 9.53 Å². The molecule has 1 unspecified atom stereocenters. The number of anilines is 1. The Morgan fingerprint density at radius 1 is 1.67 bits per heavy atom. The summed E-state index contributed by atoms with van der Waals surface area (Å²) in [4.78, 5) is 11.5. The van der Waals surface area contributed by atoms with Gasteiger partial charge in [-0.3, -0.25) is 4.79 Å². The van der Waals surface area contributed by atoms with E-state index in [-0.39, 0.29) is 12.5 Å². The predicted octanol–water partition coefficient (Wildman–Crippen LogP) is 1.25. The topological polar surface area (TPSA) is 64.3 Å². The number of nitrogens with two attached hydrogens (primary N) is 1. The molecule has 0 aliphatic heterocycles. The first-order valence-corrected chi connectivity index (χ1v) is 4.82. The number of nitrogens with one attached hydrogen (secondary N) is 1. The molecule has 15 heavy (non-hydrogen) atoms. The number of methoxy groups -OCH3 is 1. The van der Waals surface area contributed by atoms with Gasteiger partial charge in [0.2, 0.25) is 5.91 Å². The van der Waals surface area contributed by atoms with Crippen LogP contribution in [0.3, 0.4) is 0 Å². The second-order valence-electron chi connectivity index (χ2n) is 3.06. The van der Waals surface area contributed by atoms with Crippen LogP contribution in [-0.4, -0.2) is 25.7 Å². The average molecular weight is 229 g/mol. The largest absolute Gasteiger partial charge is 0.383 e. The number of hydrogen-bond acceptors (Lipinski definition) is 3. The van der Waals surface area contributed by atoms with Gasteiger partial charge in [0.1, 0.15) is 6.04 Å². The van der Waals surface area contributed by atoms with Gasteiger partial charge in [0.25, 0.3) is 0 Å². The summed E-state index contributed by atoms with van der Waals surface area (Å²) in [7, 11) is 1.49. The fourth-order valence-electron chi connectivity index (χ4n) is 1.06. The van der Waals surface area contributed by atoms with Gasteiger partial charge in [-0.25, -0.2) is 0 Å². The summed E-state index contributed by atoms with van der Waals surface area (Å²) < 4.78 is 4.77. The van der Waals surface area contributed by atoms with Crippen molar-refractivity contribution in [2.24, 2.45) is 5.73 Å². The molecule has 1 rings (SSSR count). The lowest BCUT2D eigenvalue weighted by atomic mass is 10.2. The van der Waals surface area contributed by atoms with Crippen LogP contribution in [0.15, 0.2) is 24.3 Å². The molecule has 0 fully saturated rings. The zero-order valence-corrected chi connectivity index (χ0v) is 9.12. The minimum absolute atomic E-state index is 0.187. The molecule has 0 aliphatic rings. The lowest BCUT2D eigenvalue weighted by Crippen LogP contribution is -2.39. The molecule has 4 nitrogen and oxygen atoms in total. The monoisotopic (exact) mass is 228 g/mol. The van der Waals surface area contributed by atoms with Crippen molar-refractivity contribution in [2.75, 3.05) is 19.0 Å². The van der Waals surface area contributed by atoms with Gasteiger partial charge in [-0.15, -0.1) is 0 Å². The summed E-state index contributed by atoms with van der Waals surface area (Å²) in [6, 6.07) is 6.20.